The Balaban J connectivity index is 1.78. The molecule has 1 saturated heterocycles. The summed E-state index contributed by atoms with van der Waals surface area (Å²) in [5, 5.41) is 8.95. The molecule has 0 spiro atoms. The van der Waals surface area contributed by atoms with Gasteiger partial charge in [-0.3, -0.25) is 0 Å². The van der Waals surface area contributed by atoms with E-state index < -0.39 is 5.97 Å². The van der Waals surface area contributed by atoms with Gasteiger partial charge in [0.2, 0.25) is 0 Å². The summed E-state index contributed by atoms with van der Waals surface area (Å²) in [6, 6.07) is 8.06. The van der Waals surface area contributed by atoms with Crippen LogP contribution in [0.5, 0.6) is 0 Å². The molecule has 2 aliphatic rings. The highest BCUT2D eigenvalue weighted by atomic mass is 16.4. The summed E-state index contributed by atoms with van der Waals surface area (Å²) in [5.41, 5.74) is 1.57. The van der Waals surface area contributed by atoms with Crippen LogP contribution in [0.3, 0.4) is 0 Å². The summed E-state index contributed by atoms with van der Waals surface area (Å²) < 4.78 is 0. The molecule has 1 N–H and O–H groups in total. The molecule has 1 unspecified atom stereocenters. The van der Waals surface area contributed by atoms with Gasteiger partial charge in [-0.05, 0) is 55.9 Å². The summed E-state index contributed by atoms with van der Waals surface area (Å²) in [5.74, 6) is 0.00182. The molecule has 1 heterocycles. The molecular weight excluding hydrogens is 238 g/mol. The lowest BCUT2D eigenvalue weighted by molar-refractivity contribution is 0.0697. The minimum absolute atomic E-state index is 0.375. The molecule has 3 rings (SSSR count). The highest BCUT2D eigenvalue weighted by Crippen LogP contribution is 2.37. The maximum Gasteiger partial charge on any atom is 0.335 e. The van der Waals surface area contributed by atoms with E-state index in [1.165, 1.54) is 44.2 Å². The van der Waals surface area contributed by atoms with Gasteiger partial charge in [0.15, 0.2) is 0 Å². The first-order valence-corrected chi connectivity index (χ1v) is 7.36. The first-order valence-electron chi connectivity index (χ1n) is 7.36. The van der Waals surface area contributed by atoms with Crippen LogP contribution in [0.25, 0.3) is 0 Å². The number of aromatic carboxylic acids is 1. The van der Waals surface area contributed by atoms with Gasteiger partial charge in [-0.25, -0.2) is 4.79 Å². The first kappa shape index (κ1) is 12.5. The molecule has 0 radical (unpaired) electrons. The van der Waals surface area contributed by atoms with Crippen molar-refractivity contribution in [3.63, 3.8) is 0 Å². The Hall–Kier alpha value is -1.51. The van der Waals surface area contributed by atoms with Crippen molar-refractivity contribution in [1.82, 2.24) is 0 Å². The second-order valence-corrected chi connectivity index (χ2v) is 5.80. The number of rotatable bonds is 3. The molecule has 0 aromatic heterocycles. The average molecular weight is 259 g/mol. The minimum Gasteiger partial charge on any atom is -0.478 e. The monoisotopic (exact) mass is 259 g/mol. The Morgan fingerprint density at radius 2 is 1.74 bits per heavy atom. The van der Waals surface area contributed by atoms with E-state index in [9.17, 15) is 4.79 Å². The lowest BCUT2D eigenvalue weighted by Crippen LogP contribution is -2.34. The highest BCUT2D eigenvalue weighted by Gasteiger charge is 2.33. The van der Waals surface area contributed by atoms with Crippen molar-refractivity contribution in [3.05, 3.63) is 29.8 Å². The van der Waals surface area contributed by atoms with E-state index in [0.29, 0.717) is 11.6 Å². The highest BCUT2D eigenvalue weighted by molar-refractivity contribution is 5.88. The van der Waals surface area contributed by atoms with Crippen LogP contribution < -0.4 is 4.90 Å². The SMILES string of the molecule is O=C(O)c1ccc(N2CCCC2C2CCCC2)cc1. The number of carboxylic acids is 1. The second kappa shape index (κ2) is 5.24. The fourth-order valence-corrected chi connectivity index (χ4v) is 3.74. The fraction of sp³-hybridized carbons (Fsp3) is 0.562. The largest absolute Gasteiger partial charge is 0.478 e. The number of hydrogen-bond donors (Lipinski definition) is 1. The molecule has 1 saturated carbocycles. The van der Waals surface area contributed by atoms with Crippen LogP contribution in [-0.2, 0) is 0 Å². The maximum atomic E-state index is 10.9. The van der Waals surface area contributed by atoms with Gasteiger partial charge in [0.1, 0.15) is 0 Å². The molecular formula is C16H21NO2. The lowest BCUT2D eigenvalue weighted by Gasteiger charge is -2.31. The smallest absolute Gasteiger partial charge is 0.335 e. The number of anilines is 1. The Labute approximate surface area is 114 Å². The number of nitrogens with zero attached hydrogens (tertiary/aromatic N) is 1. The van der Waals surface area contributed by atoms with Crippen molar-refractivity contribution in [2.45, 2.75) is 44.6 Å². The van der Waals surface area contributed by atoms with Crippen molar-refractivity contribution in [2.24, 2.45) is 5.92 Å². The predicted molar refractivity (Wildman–Crippen MR) is 75.7 cm³/mol. The third-order valence-electron chi connectivity index (χ3n) is 4.69. The standard InChI is InChI=1S/C16H21NO2/c18-16(19)13-7-9-14(10-8-13)17-11-3-6-15(17)12-4-1-2-5-12/h7-10,12,15H,1-6,11H2,(H,18,19). The Morgan fingerprint density at radius 3 is 2.37 bits per heavy atom. The van der Waals surface area contributed by atoms with Crippen LogP contribution in [0.1, 0.15) is 48.9 Å². The van der Waals surface area contributed by atoms with Crippen LogP contribution >= 0.6 is 0 Å². The molecule has 102 valence electrons. The Bertz CT molecular complexity index is 448. The quantitative estimate of drug-likeness (QED) is 0.902. The van der Waals surface area contributed by atoms with Crippen molar-refractivity contribution in [1.29, 1.82) is 0 Å². The van der Waals surface area contributed by atoms with Crippen LogP contribution in [-0.4, -0.2) is 23.7 Å². The molecule has 3 nitrogen and oxygen atoms in total. The maximum absolute atomic E-state index is 10.9. The summed E-state index contributed by atoms with van der Waals surface area (Å²) >= 11 is 0. The van der Waals surface area contributed by atoms with Crippen LogP contribution in [0.15, 0.2) is 24.3 Å². The van der Waals surface area contributed by atoms with Crippen molar-refractivity contribution >= 4 is 11.7 Å². The zero-order valence-electron chi connectivity index (χ0n) is 11.2. The third-order valence-corrected chi connectivity index (χ3v) is 4.69. The number of carbonyl (C=O) groups is 1. The van der Waals surface area contributed by atoms with Gasteiger partial charge < -0.3 is 10.0 Å². The predicted octanol–water partition coefficient (Wildman–Crippen LogP) is 3.54. The van der Waals surface area contributed by atoms with E-state index in [1.807, 2.05) is 12.1 Å². The average Bonchev–Trinajstić information content (AvgIpc) is 3.09. The van der Waals surface area contributed by atoms with Crippen molar-refractivity contribution in [3.8, 4) is 0 Å². The third kappa shape index (κ3) is 2.46. The summed E-state index contributed by atoms with van der Waals surface area (Å²) in [7, 11) is 0. The Morgan fingerprint density at radius 1 is 1.05 bits per heavy atom. The van der Waals surface area contributed by atoms with Gasteiger partial charge in [0.25, 0.3) is 0 Å². The van der Waals surface area contributed by atoms with Gasteiger partial charge >= 0.3 is 5.97 Å². The summed E-state index contributed by atoms with van der Waals surface area (Å²) in [4.78, 5) is 13.4. The second-order valence-electron chi connectivity index (χ2n) is 5.80. The summed E-state index contributed by atoms with van der Waals surface area (Å²) in [6.45, 7) is 1.12. The molecule has 1 atom stereocenters. The number of carboxylic acid groups (broad SMARTS) is 1. The molecule has 0 bridgehead atoms. The van der Waals surface area contributed by atoms with E-state index in [4.69, 9.17) is 5.11 Å². The zero-order chi connectivity index (χ0) is 13.2. The van der Waals surface area contributed by atoms with Gasteiger partial charge in [-0.2, -0.15) is 0 Å². The molecule has 1 aromatic carbocycles. The van der Waals surface area contributed by atoms with E-state index in [-0.39, 0.29) is 0 Å². The van der Waals surface area contributed by atoms with Crippen LogP contribution in [0.2, 0.25) is 0 Å². The molecule has 2 fully saturated rings. The zero-order valence-corrected chi connectivity index (χ0v) is 11.2. The number of hydrogen-bond acceptors (Lipinski definition) is 2. The molecule has 3 heteroatoms. The fourth-order valence-electron chi connectivity index (χ4n) is 3.74. The van der Waals surface area contributed by atoms with Crippen LogP contribution in [0.4, 0.5) is 5.69 Å². The minimum atomic E-state index is -0.847. The Kier molecular flexibility index (Phi) is 3.45. The van der Waals surface area contributed by atoms with Crippen LogP contribution in [0, 0.1) is 5.92 Å². The molecule has 0 amide bonds. The number of benzene rings is 1. The van der Waals surface area contributed by atoms with E-state index in [1.54, 1.807) is 12.1 Å². The molecule has 19 heavy (non-hydrogen) atoms. The molecule has 1 aliphatic heterocycles. The van der Waals surface area contributed by atoms with E-state index >= 15 is 0 Å². The van der Waals surface area contributed by atoms with E-state index in [2.05, 4.69) is 4.90 Å². The molecule has 1 aromatic rings. The topological polar surface area (TPSA) is 40.5 Å². The molecule has 1 aliphatic carbocycles. The normalized spacial score (nSPS) is 24.0. The van der Waals surface area contributed by atoms with Crippen molar-refractivity contribution < 1.29 is 9.90 Å². The first-order chi connectivity index (χ1) is 9.25. The van der Waals surface area contributed by atoms with Gasteiger partial charge in [-0.15, -0.1) is 0 Å². The summed E-state index contributed by atoms with van der Waals surface area (Å²) in [6.07, 6.45) is 8.07. The van der Waals surface area contributed by atoms with Gasteiger partial charge in [-0.1, -0.05) is 12.8 Å². The van der Waals surface area contributed by atoms with Crippen molar-refractivity contribution in [2.75, 3.05) is 11.4 Å². The lowest BCUT2D eigenvalue weighted by atomic mass is 9.95. The van der Waals surface area contributed by atoms with Gasteiger partial charge in [0, 0.05) is 18.3 Å². The van der Waals surface area contributed by atoms with E-state index in [0.717, 1.165) is 12.5 Å². The van der Waals surface area contributed by atoms with Gasteiger partial charge in [0.05, 0.1) is 5.56 Å².